The Labute approximate surface area is 171 Å². The minimum Gasteiger partial charge on any atom is -0.494 e. The zero-order valence-corrected chi connectivity index (χ0v) is 17.3. The van der Waals surface area contributed by atoms with Crippen LogP contribution in [-0.2, 0) is 17.8 Å². The first-order chi connectivity index (χ1) is 13.5. The van der Waals surface area contributed by atoms with E-state index < -0.39 is 0 Å². The molecule has 6 heteroatoms. The second kappa shape index (κ2) is 9.30. The van der Waals surface area contributed by atoms with Gasteiger partial charge in [0.2, 0.25) is 5.91 Å². The van der Waals surface area contributed by atoms with Crippen LogP contribution in [0.2, 0.25) is 5.02 Å². The van der Waals surface area contributed by atoms with Crippen molar-refractivity contribution in [3.8, 4) is 11.5 Å². The third-order valence-corrected chi connectivity index (χ3v) is 5.05. The molecule has 1 heterocycles. The van der Waals surface area contributed by atoms with Crippen LogP contribution in [-0.4, -0.2) is 25.2 Å². The first kappa shape index (κ1) is 20.5. The summed E-state index contributed by atoms with van der Waals surface area (Å²) in [4.78, 5) is 12.3. The van der Waals surface area contributed by atoms with Crippen LogP contribution in [0.5, 0.6) is 11.5 Å². The van der Waals surface area contributed by atoms with E-state index >= 15 is 0 Å². The summed E-state index contributed by atoms with van der Waals surface area (Å²) in [6, 6.07) is 11.7. The fourth-order valence-corrected chi connectivity index (χ4v) is 3.41. The van der Waals surface area contributed by atoms with Crippen LogP contribution in [0.25, 0.3) is 0 Å². The normalized spacial score (nSPS) is 16.2. The maximum absolute atomic E-state index is 12.3. The Morgan fingerprint density at radius 1 is 1.32 bits per heavy atom. The number of benzene rings is 2. The van der Waals surface area contributed by atoms with Crippen molar-refractivity contribution in [2.75, 3.05) is 13.2 Å². The maximum Gasteiger partial charge on any atom is 0.234 e. The Balaban J connectivity index is 1.55. The molecule has 0 unspecified atom stereocenters. The average molecular weight is 403 g/mol. The van der Waals surface area contributed by atoms with Crippen LogP contribution in [0.15, 0.2) is 36.4 Å². The van der Waals surface area contributed by atoms with E-state index in [0.29, 0.717) is 18.2 Å². The van der Waals surface area contributed by atoms with E-state index in [0.717, 1.165) is 34.6 Å². The number of nitrogens with one attached hydrogen (secondary N) is 2. The molecule has 2 aromatic carbocycles. The summed E-state index contributed by atoms with van der Waals surface area (Å²) in [7, 11) is 0. The summed E-state index contributed by atoms with van der Waals surface area (Å²) in [5.74, 6) is 1.62. The lowest BCUT2D eigenvalue weighted by molar-refractivity contribution is -0.120. The lowest BCUT2D eigenvalue weighted by Gasteiger charge is -2.16. The lowest BCUT2D eigenvalue weighted by atomic mass is 10.1. The zero-order chi connectivity index (χ0) is 20.1. The van der Waals surface area contributed by atoms with E-state index in [2.05, 4.69) is 17.6 Å². The monoisotopic (exact) mass is 402 g/mol. The van der Waals surface area contributed by atoms with Gasteiger partial charge in [0.25, 0.3) is 0 Å². The highest BCUT2D eigenvalue weighted by molar-refractivity contribution is 6.30. The van der Waals surface area contributed by atoms with Crippen molar-refractivity contribution >= 4 is 17.5 Å². The molecule has 0 radical (unpaired) electrons. The highest BCUT2D eigenvalue weighted by atomic mass is 35.5. The quantitative estimate of drug-likeness (QED) is 0.699. The van der Waals surface area contributed by atoms with Crippen LogP contribution < -0.4 is 20.1 Å². The van der Waals surface area contributed by atoms with Crippen LogP contribution in [0.4, 0.5) is 0 Å². The van der Waals surface area contributed by atoms with Gasteiger partial charge in [-0.15, -0.1) is 0 Å². The highest BCUT2D eigenvalue weighted by Gasteiger charge is 2.22. The molecule has 0 aromatic heterocycles. The molecular weight excluding hydrogens is 376 g/mol. The molecule has 0 bridgehead atoms. The number of carbonyl (C=O) groups excluding carboxylic acids is 1. The van der Waals surface area contributed by atoms with Crippen molar-refractivity contribution < 1.29 is 14.3 Å². The third kappa shape index (κ3) is 5.18. The minimum absolute atomic E-state index is 0.0527. The summed E-state index contributed by atoms with van der Waals surface area (Å²) in [5, 5.41) is 6.89. The first-order valence-electron chi connectivity index (χ1n) is 9.67. The fraction of sp³-hybridized carbons (Fsp3) is 0.409. The first-order valence-corrected chi connectivity index (χ1v) is 10.0. The maximum atomic E-state index is 12.3. The van der Waals surface area contributed by atoms with Crippen molar-refractivity contribution in [1.82, 2.24) is 10.6 Å². The molecule has 0 fully saturated rings. The van der Waals surface area contributed by atoms with Gasteiger partial charge in [-0.2, -0.15) is 0 Å². The molecule has 2 N–H and O–H groups in total. The molecule has 0 aliphatic carbocycles. The van der Waals surface area contributed by atoms with Crippen molar-refractivity contribution in [3.05, 3.63) is 58.1 Å². The molecule has 0 spiro atoms. The van der Waals surface area contributed by atoms with Gasteiger partial charge in [0.05, 0.1) is 13.2 Å². The predicted molar refractivity (Wildman–Crippen MR) is 111 cm³/mol. The Hall–Kier alpha value is -2.24. The number of hydrogen-bond donors (Lipinski definition) is 2. The van der Waals surface area contributed by atoms with E-state index in [4.69, 9.17) is 21.1 Å². The minimum atomic E-state index is -0.0713. The number of rotatable bonds is 8. The number of amides is 1. The summed E-state index contributed by atoms with van der Waals surface area (Å²) < 4.78 is 11.6. The standard InChI is InChI=1S/C22H27ClN2O3/c1-4-27-20-10-17-9-14(2)28-21(17)11-18(20)12-25-22(26)13-24-15(3)16-5-7-19(23)8-6-16/h5-8,10-11,14-15,24H,4,9,12-13H2,1-3H3,(H,25,26)/t14-,15+/m1/s1. The molecule has 1 aliphatic rings. The van der Waals surface area contributed by atoms with Gasteiger partial charge in [0, 0.05) is 35.2 Å². The number of fused-ring (bicyclic) bond motifs is 1. The van der Waals surface area contributed by atoms with Gasteiger partial charge in [-0.3, -0.25) is 4.79 Å². The van der Waals surface area contributed by atoms with Gasteiger partial charge in [-0.25, -0.2) is 0 Å². The van der Waals surface area contributed by atoms with Crippen LogP contribution in [0.1, 0.15) is 43.5 Å². The smallest absolute Gasteiger partial charge is 0.234 e. The van der Waals surface area contributed by atoms with E-state index in [1.165, 1.54) is 0 Å². The van der Waals surface area contributed by atoms with Crippen molar-refractivity contribution in [1.29, 1.82) is 0 Å². The van der Waals surface area contributed by atoms with Crippen LogP contribution in [0, 0.1) is 0 Å². The molecular formula is C22H27ClN2O3. The Morgan fingerprint density at radius 3 is 2.79 bits per heavy atom. The van der Waals surface area contributed by atoms with Gasteiger partial charge in [-0.1, -0.05) is 23.7 Å². The van der Waals surface area contributed by atoms with E-state index in [1.54, 1.807) is 0 Å². The summed E-state index contributed by atoms with van der Waals surface area (Å²) in [6.45, 7) is 7.23. The van der Waals surface area contributed by atoms with Gasteiger partial charge < -0.3 is 20.1 Å². The van der Waals surface area contributed by atoms with Crippen molar-refractivity contribution in [3.63, 3.8) is 0 Å². The summed E-state index contributed by atoms with van der Waals surface area (Å²) in [6.07, 6.45) is 1.06. The van der Waals surface area contributed by atoms with E-state index in [9.17, 15) is 4.79 Å². The molecule has 28 heavy (non-hydrogen) atoms. The van der Waals surface area contributed by atoms with E-state index in [-0.39, 0.29) is 24.6 Å². The molecule has 2 atom stereocenters. The predicted octanol–water partition coefficient (Wildman–Crippen LogP) is 4.03. The van der Waals surface area contributed by atoms with Crippen molar-refractivity contribution in [2.24, 2.45) is 0 Å². The summed E-state index contributed by atoms with van der Waals surface area (Å²) in [5.41, 5.74) is 3.17. The molecule has 0 saturated heterocycles. The Bertz CT molecular complexity index is 823. The highest BCUT2D eigenvalue weighted by Crippen LogP contribution is 2.35. The van der Waals surface area contributed by atoms with Gasteiger partial charge in [0.1, 0.15) is 17.6 Å². The second-order valence-corrected chi connectivity index (χ2v) is 7.50. The zero-order valence-electron chi connectivity index (χ0n) is 16.5. The van der Waals surface area contributed by atoms with E-state index in [1.807, 2.05) is 50.2 Å². The summed E-state index contributed by atoms with van der Waals surface area (Å²) >= 11 is 5.92. The molecule has 150 valence electrons. The number of hydrogen-bond acceptors (Lipinski definition) is 4. The molecule has 2 aromatic rings. The van der Waals surface area contributed by atoms with Crippen LogP contribution in [0.3, 0.4) is 0 Å². The molecule has 1 aliphatic heterocycles. The Morgan fingerprint density at radius 2 is 2.07 bits per heavy atom. The lowest BCUT2D eigenvalue weighted by Crippen LogP contribution is -2.34. The second-order valence-electron chi connectivity index (χ2n) is 7.06. The molecule has 1 amide bonds. The SMILES string of the molecule is CCOc1cc2c(cc1CNC(=O)CN[C@@H](C)c1ccc(Cl)cc1)O[C@H](C)C2. The average Bonchev–Trinajstić information content (AvgIpc) is 3.03. The largest absolute Gasteiger partial charge is 0.494 e. The van der Waals surface area contributed by atoms with Gasteiger partial charge >= 0.3 is 0 Å². The third-order valence-electron chi connectivity index (χ3n) is 4.79. The topological polar surface area (TPSA) is 59.6 Å². The number of halogens is 1. The Kier molecular flexibility index (Phi) is 6.81. The molecule has 5 nitrogen and oxygen atoms in total. The molecule has 0 saturated carbocycles. The van der Waals surface area contributed by atoms with Crippen molar-refractivity contribution in [2.45, 2.75) is 45.9 Å². The fourth-order valence-electron chi connectivity index (χ4n) is 3.28. The number of carbonyl (C=O) groups is 1. The van der Waals surface area contributed by atoms with Gasteiger partial charge in [-0.05, 0) is 50.6 Å². The molecule has 3 rings (SSSR count). The van der Waals surface area contributed by atoms with Gasteiger partial charge in [0.15, 0.2) is 0 Å². The number of ether oxygens (including phenoxy) is 2. The van der Waals surface area contributed by atoms with Crippen LogP contribution >= 0.6 is 11.6 Å².